The highest BCUT2D eigenvalue weighted by atomic mass is 16.4. The molecule has 0 fully saturated rings. The van der Waals surface area contributed by atoms with Crippen molar-refractivity contribution >= 4 is 11.9 Å². The van der Waals surface area contributed by atoms with Gasteiger partial charge in [-0.25, -0.2) is 0 Å². The van der Waals surface area contributed by atoms with Gasteiger partial charge in [0, 0.05) is 12.3 Å². The van der Waals surface area contributed by atoms with Gasteiger partial charge in [0.05, 0.1) is 0 Å². The molecular weight excluding hydrogens is 170 g/mol. The van der Waals surface area contributed by atoms with Crippen molar-refractivity contribution in [3.8, 4) is 0 Å². The fraction of sp³-hybridized carbons (Fsp3) is 0.111. The molecule has 4 heteroatoms. The minimum atomic E-state index is -1.03. The number of allylic oxidation sites excluding steroid dienone is 4. The Kier molecular flexibility index (Phi) is 3.03. The molecule has 4 nitrogen and oxygen atoms in total. The van der Waals surface area contributed by atoms with Gasteiger partial charge in [0.25, 0.3) is 5.91 Å². The summed E-state index contributed by atoms with van der Waals surface area (Å²) in [5, 5.41) is 8.48. The van der Waals surface area contributed by atoms with Gasteiger partial charge in [0.2, 0.25) is 0 Å². The molecule has 0 atom stereocenters. The Balaban J connectivity index is 2.76. The Bertz CT molecular complexity index is 302. The van der Waals surface area contributed by atoms with Crippen LogP contribution >= 0.6 is 0 Å². The molecule has 1 aliphatic rings. The summed E-state index contributed by atoms with van der Waals surface area (Å²) in [5.41, 5.74) is 0. The summed E-state index contributed by atoms with van der Waals surface area (Å²) in [6.45, 7) is -0.312. The standard InChI is InChI=1S/C9H9NO3/c11-8-5-3-1-2-4-6-10(8)7-9(12)13/h1-6H,7H2,(H,12,13). The van der Waals surface area contributed by atoms with Crippen LogP contribution in [-0.4, -0.2) is 28.4 Å². The van der Waals surface area contributed by atoms with Gasteiger partial charge in [-0.2, -0.15) is 0 Å². The number of carbonyl (C=O) groups excluding carboxylic acids is 1. The average molecular weight is 179 g/mol. The summed E-state index contributed by atoms with van der Waals surface area (Å²) in [6, 6.07) is 0. The van der Waals surface area contributed by atoms with E-state index in [0.717, 1.165) is 4.90 Å². The Labute approximate surface area is 75.5 Å². The topological polar surface area (TPSA) is 57.6 Å². The van der Waals surface area contributed by atoms with Crippen LogP contribution in [0, 0.1) is 0 Å². The van der Waals surface area contributed by atoms with E-state index < -0.39 is 5.97 Å². The lowest BCUT2D eigenvalue weighted by Gasteiger charge is -2.13. The first-order valence-electron chi connectivity index (χ1n) is 3.74. The third-order valence-corrected chi connectivity index (χ3v) is 1.43. The van der Waals surface area contributed by atoms with Crippen LogP contribution in [0.25, 0.3) is 0 Å². The number of aliphatic carboxylic acids is 1. The van der Waals surface area contributed by atoms with Gasteiger partial charge in [-0.1, -0.05) is 18.2 Å². The molecule has 0 radical (unpaired) electrons. The second kappa shape index (κ2) is 4.25. The van der Waals surface area contributed by atoms with Gasteiger partial charge in [-0.05, 0) is 6.08 Å². The summed E-state index contributed by atoms with van der Waals surface area (Å²) in [7, 11) is 0. The van der Waals surface area contributed by atoms with Crippen LogP contribution in [0.2, 0.25) is 0 Å². The molecule has 0 aromatic heterocycles. The molecule has 0 saturated carbocycles. The number of carbonyl (C=O) groups is 2. The number of hydrogen-bond acceptors (Lipinski definition) is 2. The molecule has 68 valence electrons. The predicted octanol–water partition coefficient (Wildman–Crippen LogP) is 0.539. The van der Waals surface area contributed by atoms with Gasteiger partial charge < -0.3 is 10.0 Å². The van der Waals surface area contributed by atoms with E-state index >= 15 is 0 Å². The summed E-state index contributed by atoms with van der Waals surface area (Å²) >= 11 is 0. The lowest BCUT2D eigenvalue weighted by atomic mass is 10.3. The minimum absolute atomic E-state index is 0.312. The Morgan fingerprint density at radius 1 is 1.31 bits per heavy atom. The molecule has 0 aliphatic carbocycles. The first-order valence-corrected chi connectivity index (χ1v) is 3.74. The number of rotatable bonds is 2. The van der Waals surface area contributed by atoms with Crippen molar-refractivity contribution in [1.29, 1.82) is 0 Å². The first kappa shape index (κ1) is 9.25. The molecule has 0 saturated heterocycles. The Hall–Kier alpha value is -1.84. The Morgan fingerprint density at radius 3 is 2.69 bits per heavy atom. The number of carboxylic acids is 1. The van der Waals surface area contributed by atoms with Crippen LogP contribution in [0.15, 0.2) is 36.6 Å². The highest BCUT2D eigenvalue weighted by Gasteiger charge is 2.10. The van der Waals surface area contributed by atoms with Crippen molar-refractivity contribution in [2.24, 2.45) is 0 Å². The van der Waals surface area contributed by atoms with Gasteiger partial charge in [-0.3, -0.25) is 9.59 Å². The molecule has 0 aromatic carbocycles. The van der Waals surface area contributed by atoms with Crippen LogP contribution in [0.1, 0.15) is 0 Å². The molecule has 1 heterocycles. The second-order valence-corrected chi connectivity index (χ2v) is 2.45. The van der Waals surface area contributed by atoms with Crippen LogP contribution in [0.4, 0.5) is 0 Å². The monoisotopic (exact) mass is 179 g/mol. The fourth-order valence-corrected chi connectivity index (χ4v) is 0.865. The second-order valence-electron chi connectivity index (χ2n) is 2.45. The van der Waals surface area contributed by atoms with E-state index in [0.29, 0.717) is 0 Å². The molecule has 1 rings (SSSR count). The molecule has 0 aromatic rings. The smallest absolute Gasteiger partial charge is 0.323 e. The van der Waals surface area contributed by atoms with Gasteiger partial charge in [-0.15, -0.1) is 0 Å². The quantitative estimate of drug-likeness (QED) is 0.673. The molecule has 0 unspecified atom stereocenters. The van der Waals surface area contributed by atoms with E-state index in [-0.39, 0.29) is 12.5 Å². The van der Waals surface area contributed by atoms with Crippen molar-refractivity contribution in [1.82, 2.24) is 4.90 Å². The van der Waals surface area contributed by atoms with Crippen molar-refractivity contribution < 1.29 is 14.7 Å². The van der Waals surface area contributed by atoms with E-state index in [2.05, 4.69) is 0 Å². The molecule has 1 N–H and O–H groups in total. The SMILES string of the molecule is O=C(O)CN1C=CC=CC=CC1=O. The van der Waals surface area contributed by atoms with E-state index in [1.807, 2.05) is 0 Å². The maximum absolute atomic E-state index is 11.2. The van der Waals surface area contributed by atoms with Crippen molar-refractivity contribution in [2.45, 2.75) is 0 Å². The molecule has 0 bridgehead atoms. The van der Waals surface area contributed by atoms with Gasteiger partial charge in [0.1, 0.15) is 6.54 Å². The zero-order valence-electron chi connectivity index (χ0n) is 6.88. The highest BCUT2D eigenvalue weighted by Crippen LogP contribution is 1.97. The summed E-state index contributed by atoms with van der Waals surface area (Å²) in [5.74, 6) is -1.36. The minimum Gasteiger partial charge on any atom is -0.480 e. The average Bonchev–Trinajstić information content (AvgIpc) is 2.04. The number of amides is 1. The van der Waals surface area contributed by atoms with Crippen LogP contribution in [-0.2, 0) is 9.59 Å². The lowest BCUT2D eigenvalue weighted by molar-refractivity contribution is -0.141. The Morgan fingerprint density at radius 2 is 2.00 bits per heavy atom. The molecule has 0 spiro atoms. The largest absolute Gasteiger partial charge is 0.480 e. The molecular formula is C9H9NO3. The number of nitrogens with zero attached hydrogens (tertiary/aromatic N) is 1. The zero-order chi connectivity index (χ0) is 9.68. The van der Waals surface area contributed by atoms with Crippen molar-refractivity contribution in [3.05, 3.63) is 36.6 Å². The van der Waals surface area contributed by atoms with Crippen LogP contribution in [0.5, 0.6) is 0 Å². The molecule has 13 heavy (non-hydrogen) atoms. The highest BCUT2D eigenvalue weighted by molar-refractivity contribution is 5.91. The zero-order valence-corrected chi connectivity index (χ0v) is 6.88. The van der Waals surface area contributed by atoms with E-state index in [1.165, 1.54) is 12.3 Å². The van der Waals surface area contributed by atoms with Crippen LogP contribution in [0.3, 0.4) is 0 Å². The summed E-state index contributed by atoms with van der Waals surface area (Å²) in [6.07, 6.45) is 9.37. The van der Waals surface area contributed by atoms with Gasteiger partial charge in [0.15, 0.2) is 0 Å². The number of carboxylic acid groups (broad SMARTS) is 1. The molecule has 1 aliphatic heterocycles. The van der Waals surface area contributed by atoms with E-state index in [4.69, 9.17) is 5.11 Å². The predicted molar refractivity (Wildman–Crippen MR) is 46.8 cm³/mol. The van der Waals surface area contributed by atoms with Crippen molar-refractivity contribution in [3.63, 3.8) is 0 Å². The fourth-order valence-electron chi connectivity index (χ4n) is 0.865. The summed E-state index contributed by atoms with van der Waals surface area (Å²) in [4.78, 5) is 22.7. The maximum Gasteiger partial charge on any atom is 0.323 e. The molecule has 1 amide bonds. The maximum atomic E-state index is 11.2. The van der Waals surface area contributed by atoms with E-state index in [1.54, 1.807) is 24.3 Å². The van der Waals surface area contributed by atoms with E-state index in [9.17, 15) is 9.59 Å². The third-order valence-electron chi connectivity index (χ3n) is 1.43. The lowest BCUT2D eigenvalue weighted by Crippen LogP contribution is -2.29. The number of hydrogen-bond donors (Lipinski definition) is 1. The third kappa shape index (κ3) is 2.94. The first-order chi connectivity index (χ1) is 6.20. The summed E-state index contributed by atoms with van der Waals surface area (Å²) < 4.78 is 0. The van der Waals surface area contributed by atoms with Gasteiger partial charge >= 0.3 is 5.97 Å². The van der Waals surface area contributed by atoms with Crippen molar-refractivity contribution in [2.75, 3.05) is 6.54 Å². The van der Waals surface area contributed by atoms with Crippen LogP contribution < -0.4 is 0 Å². The normalized spacial score (nSPS) is 15.7.